The van der Waals surface area contributed by atoms with Gasteiger partial charge in [-0.3, -0.25) is 9.59 Å². The van der Waals surface area contributed by atoms with Crippen LogP contribution in [0.1, 0.15) is 13.8 Å². The number of hydrogen-bond acceptors (Lipinski definition) is 3. The second-order valence-electron chi connectivity index (χ2n) is 4.17. The molecular formula is C11H27N3O2. The summed E-state index contributed by atoms with van der Waals surface area (Å²) in [7, 11) is 12.9. The van der Waals surface area contributed by atoms with Crippen molar-refractivity contribution in [2.24, 2.45) is 0 Å². The van der Waals surface area contributed by atoms with Gasteiger partial charge < -0.3 is 14.7 Å². The summed E-state index contributed by atoms with van der Waals surface area (Å²) in [5.74, 6) is 0.185. The number of hydrogen-bond donors (Lipinski definition) is 0. The van der Waals surface area contributed by atoms with Gasteiger partial charge in [-0.25, -0.2) is 0 Å². The lowest BCUT2D eigenvalue weighted by Crippen LogP contribution is -2.17. The van der Waals surface area contributed by atoms with Gasteiger partial charge in [0.2, 0.25) is 11.8 Å². The van der Waals surface area contributed by atoms with Gasteiger partial charge in [0.1, 0.15) is 0 Å². The van der Waals surface area contributed by atoms with E-state index in [1.807, 2.05) is 26.0 Å². The summed E-state index contributed by atoms with van der Waals surface area (Å²) in [6.07, 6.45) is 0. The Morgan fingerprint density at radius 2 is 0.688 bits per heavy atom. The molecule has 0 aromatic heterocycles. The van der Waals surface area contributed by atoms with Gasteiger partial charge in [0.15, 0.2) is 0 Å². The molecule has 0 aliphatic heterocycles. The monoisotopic (exact) mass is 233 g/mol. The Balaban J connectivity index is -0.000000162. The van der Waals surface area contributed by atoms with E-state index >= 15 is 0 Å². The molecular weight excluding hydrogens is 206 g/mol. The summed E-state index contributed by atoms with van der Waals surface area (Å²) in [6, 6.07) is 0. The molecule has 0 saturated heterocycles. The molecule has 0 N–H and O–H groups in total. The van der Waals surface area contributed by atoms with E-state index in [1.54, 1.807) is 28.2 Å². The molecule has 0 aromatic rings. The van der Waals surface area contributed by atoms with E-state index in [1.165, 1.54) is 23.6 Å². The van der Waals surface area contributed by atoms with Crippen molar-refractivity contribution in [3.8, 4) is 0 Å². The third kappa shape index (κ3) is 38.4. The Kier molecular flexibility index (Phi) is 15.2. The molecule has 0 aliphatic carbocycles. The molecule has 0 spiro atoms. The first-order chi connectivity index (χ1) is 7.02. The van der Waals surface area contributed by atoms with Crippen molar-refractivity contribution in [2.75, 3.05) is 49.3 Å². The fourth-order valence-electron chi connectivity index (χ4n) is 0. The average Bonchev–Trinajstić information content (AvgIpc) is 2.03. The predicted molar refractivity (Wildman–Crippen MR) is 68.3 cm³/mol. The second-order valence-corrected chi connectivity index (χ2v) is 4.17. The highest BCUT2D eigenvalue weighted by molar-refractivity contribution is 5.72. The molecule has 0 aliphatic rings. The zero-order valence-electron chi connectivity index (χ0n) is 12.2. The molecule has 0 rings (SSSR count). The van der Waals surface area contributed by atoms with Crippen molar-refractivity contribution in [1.82, 2.24) is 14.7 Å². The number of rotatable bonds is 0. The number of nitrogens with zero attached hydrogens (tertiary/aromatic N) is 3. The van der Waals surface area contributed by atoms with Crippen LogP contribution < -0.4 is 0 Å². The Morgan fingerprint density at radius 1 is 0.625 bits per heavy atom. The van der Waals surface area contributed by atoms with Crippen LogP contribution in [0, 0.1) is 0 Å². The summed E-state index contributed by atoms with van der Waals surface area (Å²) in [5.41, 5.74) is 0. The van der Waals surface area contributed by atoms with Crippen molar-refractivity contribution in [3.05, 3.63) is 0 Å². The minimum atomic E-state index is 0.0926. The molecule has 0 bridgehead atoms. The normalized spacial score (nSPS) is 8.12. The molecule has 0 heterocycles. The summed E-state index contributed by atoms with van der Waals surface area (Å²) < 4.78 is 0. The molecule has 2 amide bonds. The molecule has 16 heavy (non-hydrogen) atoms. The summed E-state index contributed by atoms with van der Waals surface area (Å²) >= 11 is 0. The van der Waals surface area contributed by atoms with Crippen LogP contribution in [0.3, 0.4) is 0 Å². The van der Waals surface area contributed by atoms with Crippen molar-refractivity contribution < 1.29 is 9.59 Å². The van der Waals surface area contributed by atoms with E-state index in [2.05, 4.69) is 0 Å². The van der Waals surface area contributed by atoms with Crippen LogP contribution in [-0.2, 0) is 9.59 Å². The maximum absolute atomic E-state index is 10.1. The van der Waals surface area contributed by atoms with Gasteiger partial charge in [-0.2, -0.15) is 0 Å². The van der Waals surface area contributed by atoms with Crippen LogP contribution in [0.25, 0.3) is 0 Å². The van der Waals surface area contributed by atoms with E-state index in [-0.39, 0.29) is 11.8 Å². The highest BCUT2D eigenvalue weighted by Gasteiger charge is 1.88. The average molecular weight is 233 g/mol. The lowest BCUT2D eigenvalue weighted by molar-refractivity contribution is -0.127. The zero-order valence-corrected chi connectivity index (χ0v) is 12.2. The Morgan fingerprint density at radius 3 is 0.688 bits per heavy atom. The molecule has 0 radical (unpaired) electrons. The zero-order chi connectivity index (χ0) is 13.9. The summed E-state index contributed by atoms with van der Waals surface area (Å²) in [6.45, 7) is 3.06. The number of amides is 2. The van der Waals surface area contributed by atoms with Gasteiger partial charge in [-0.05, 0) is 21.1 Å². The maximum Gasteiger partial charge on any atom is 0.218 e. The molecule has 0 aromatic carbocycles. The first-order valence-corrected chi connectivity index (χ1v) is 4.99. The molecule has 0 atom stereocenters. The molecule has 5 heteroatoms. The molecule has 0 fully saturated rings. The largest absolute Gasteiger partial charge is 0.349 e. The Hall–Kier alpha value is -1.10. The molecule has 0 unspecified atom stereocenters. The van der Waals surface area contributed by atoms with Crippen LogP contribution in [0.2, 0.25) is 0 Å². The van der Waals surface area contributed by atoms with Crippen LogP contribution >= 0.6 is 0 Å². The SMILES string of the molecule is CC(=O)N(C)C.CC(=O)N(C)C.CN(C)C. The number of carbonyl (C=O) groups excluding carboxylic acids is 2. The minimum Gasteiger partial charge on any atom is -0.349 e. The second kappa shape index (κ2) is 12.0. The van der Waals surface area contributed by atoms with Crippen molar-refractivity contribution in [3.63, 3.8) is 0 Å². The van der Waals surface area contributed by atoms with E-state index in [9.17, 15) is 9.59 Å². The highest BCUT2D eigenvalue weighted by atomic mass is 16.2. The fraction of sp³-hybridized carbons (Fsp3) is 0.818. The van der Waals surface area contributed by atoms with Crippen molar-refractivity contribution >= 4 is 11.8 Å². The highest BCUT2D eigenvalue weighted by Crippen LogP contribution is 1.70. The van der Waals surface area contributed by atoms with Crippen molar-refractivity contribution in [1.29, 1.82) is 0 Å². The first kappa shape index (κ1) is 20.3. The van der Waals surface area contributed by atoms with Crippen LogP contribution in [0.5, 0.6) is 0 Å². The standard InChI is InChI=1S/2C4H9NO.C3H9N/c2*1-4(6)5(2)3;1-4(2)3/h2*1-3H3;1-3H3. The molecule has 5 nitrogen and oxygen atoms in total. The summed E-state index contributed by atoms with van der Waals surface area (Å²) in [4.78, 5) is 25.2. The third-order valence-corrected chi connectivity index (χ3v) is 1.26. The van der Waals surface area contributed by atoms with E-state index in [0.717, 1.165) is 0 Å². The predicted octanol–water partition coefficient (Wildman–Crippen LogP) is 0.367. The first-order valence-electron chi connectivity index (χ1n) is 4.99. The van der Waals surface area contributed by atoms with Gasteiger partial charge in [0.25, 0.3) is 0 Å². The quantitative estimate of drug-likeness (QED) is 0.607. The van der Waals surface area contributed by atoms with E-state index in [0.29, 0.717) is 0 Å². The van der Waals surface area contributed by atoms with Gasteiger partial charge in [-0.1, -0.05) is 0 Å². The fourth-order valence-corrected chi connectivity index (χ4v) is 0. The van der Waals surface area contributed by atoms with Crippen LogP contribution in [-0.4, -0.2) is 75.8 Å². The number of carbonyl (C=O) groups is 2. The third-order valence-electron chi connectivity index (χ3n) is 1.26. The molecule has 0 saturated carbocycles. The van der Waals surface area contributed by atoms with Gasteiger partial charge in [0, 0.05) is 42.0 Å². The van der Waals surface area contributed by atoms with Gasteiger partial charge in [-0.15, -0.1) is 0 Å². The lowest BCUT2D eigenvalue weighted by Gasteiger charge is -2.02. The van der Waals surface area contributed by atoms with Crippen molar-refractivity contribution in [2.45, 2.75) is 13.8 Å². The van der Waals surface area contributed by atoms with E-state index in [4.69, 9.17) is 0 Å². The van der Waals surface area contributed by atoms with Gasteiger partial charge >= 0.3 is 0 Å². The van der Waals surface area contributed by atoms with Crippen LogP contribution in [0.15, 0.2) is 0 Å². The smallest absolute Gasteiger partial charge is 0.218 e. The topological polar surface area (TPSA) is 43.9 Å². The summed E-state index contributed by atoms with van der Waals surface area (Å²) in [5, 5.41) is 0. The van der Waals surface area contributed by atoms with Crippen LogP contribution in [0.4, 0.5) is 0 Å². The Labute approximate surface area is 100 Å². The van der Waals surface area contributed by atoms with E-state index < -0.39 is 0 Å². The molecule has 98 valence electrons. The van der Waals surface area contributed by atoms with Gasteiger partial charge in [0.05, 0.1) is 0 Å². The lowest BCUT2D eigenvalue weighted by atomic mass is 10.7. The minimum absolute atomic E-state index is 0.0926. The Bertz CT molecular complexity index is 169. The maximum atomic E-state index is 10.1.